The molecule has 0 saturated heterocycles. The third-order valence-corrected chi connectivity index (χ3v) is 3.52. The largest absolute Gasteiger partial charge is 0.496 e. The molecule has 0 aliphatic rings. The molecule has 4 nitrogen and oxygen atoms in total. The van der Waals surface area contributed by atoms with Gasteiger partial charge in [0.25, 0.3) is 0 Å². The second kappa shape index (κ2) is 6.47. The predicted octanol–water partition coefficient (Wildman–Crippen LogP) is 2.02. The van der Waals surface area contributed by atoms with Gasteiger partial charge < -0.3 is 14.4 Å². The van der Waals surface area contributed by atoms with Gasteiger partial charge in [-0.2, -0.15) is 0 Å². The first kappa shape index (κ1) is 13.0. The SMILES string of the molecule is COc1ccccc1Cn1ccnc1SCCO. The summed E-state index contributed by atoms with van der Waals surface area (Å²) >= 11 is 1.55. The average Bonchev–Trinajstić information content (AvgIpc) is 2.84. The van der Waals surface area contributed by atoms with Gasteiger partial charge in [0.05, 0.1) is 20.3 Å². The smallest absolute Gasteiger partial charge is 0.168 e. The molecule has 0 bridgehead atoms. The lowest BCUT2D eigenvalue weighted by atomic mass is 10.2. The Labute approximate surface area is 111 Å². The molecular weight excluding hydrogens is 248 g/mol. The molecule has 18 heavy (non-hydrogen) atoms. The van der Waals surface area contributed by atoms with Crippen LogP contribution >= 0.6 is 11.8 Å². The topological polar surface area (TPSA) is 47.3 Å². The Hall–Kier alpha value is -1.46. The van der Waals surface area contributed by atoms with Gasteiger partial charge in [-0.25, -0.2) is 4.98 Å². The standard InChI is InChI=1S/C13H16N2O2S/c1-17-12-5-3-2-4-11(12)10-15-7-6-14-13(15)18-9-8-16/h2-7,16H,8-10H2,1H3. The molecule has 1 heterocycles. The van der Waals surface area contributed by atoms with Crippen LogP contribution in [0.25, 0.3) is 0 Å². The molecule has 0 radical (unpaired) electrons. The lowest BCUT2D eigenvalue weighted by Crippen LogP contribution is -2.03. The number of hydrogen-bond acceptors (Lipinski definition) is 4. The Kier molecular flexibility index (Phi) is 4.66. The van der Waals surface area contributed by atoms with Gasteiger partial charge in [0.15, 0.2) is 5.16 Å². The van der Waals surface area contributed by atoms with Gasteiger partial charge in [0.1, 0.15) is 5.75 Å². The predicted molar refractivity (Wildman–Crippen MR) is 72.1 cm³/mol. The van der Waals surface area contributed by atoms with Crippen LogP contribution in [0.2, 0.25) is 0 Å². The second-order valence-corrected chi connectivity index (χ2v) is 4.78. The van der Waals surface area contributed by atoms with Crippen molar-refractivity contribution < 1.29 is 9.84 Å². The van der Waals surface area contributed by atoms with E-state index in [0.29, 0.717) is 5.75 Å². The summed E-state index contributed by atoms with van der Waals surface area (Å²) in [5.74, 6) is 1.53. The number of aliphatic hydroxyl groups excluding tert-OH is 1. The number of rotatable bonds is 6. The van der Waals surface area contributed by atoms with E-state index in [2.05, 4.69) is 9.55 Å². The summed E-state index contributed by atoms with van der Waals surface area (Å²) in [6.45, 7) is 0.879. The van der Waals surface area contributed by atoms with Crippen LogP contribution in [0.3, 0.4) is 0 Å². The Balaban J connectivity index is 2.15. The van der Waals surface area contributed by atoms with E-state index >= 15 is 0 Å². The van der Waals surface area contributed by atoms with Crippen LogP contribution in [0.4, 0.5) is 0 Å². The van der Waals surface area contributed by atoms with Crippen LogP contribution in [0.1, 0.15) is 5.56 Å². The quantitative estimate of drug-likeness (QED) is 0.811. The molecule has 1 aromatic heterocycles. The Bertz CT molecular complexity index is 499. The van der Waals surface area contributed by atoms with Gasteiger partial charge in [-0.3, -0.25) is 0 Å². The second-order valence-electron chi connectivity index (χ2n) is 3.72. The number of benzene rings is 1. The van der Waals surface area contributed by atoms with E-state index in [1.807, 2.05) is 30.5 Å². The van der Waals surface area contributed by atoms with E-state index in [-0.39, 0.29) is 6.61 Å². The van der Waals surface area contributed by atoms with E-state index in [1.165, 1.54) is 0 Å². The molecule has 1 aromatic carbocycles. The van der Waals surface area contributed by atoms with E-state index in [9.17, 15) is 0 Å². The van der Waals surface area contributed by atoms with Crippen molar-refractivity contribution >= 4 is 11.8 Å². The van der Waals surface area contributed by atoms with Crippen LogP contribution in [0.15, 0.2) is 41.8 Å². The maximum Gasteiger partial charge on any atom is 0.168 e. The first-order valence-corrected chi connectivity index (χ1v) is 6.70. The summed E-state index contributed by atoms with van der Waals surface area (Å²) in [5.41, 5.74) is 1.11. The first-order valence-electron chi connectivity index (χ1n) is 5.72. The molecule has 5 heteroatoms. The third-order valence-electron chi connectivity index (χ3n) is 2.53. The summed E-state index contributed by atoms with van der Waals surface area (Å²) in [5, 5.41) is 9.76. The first-order chi connectivity index (χ1) is 8.85. The maximum atomic E-state index is 8.85. The third kappa shape index (κ3) is 3.05. The highest BCUT2D eigenvalue weighted by molar-refractivity contribution is 7.99. The molecule has 96 valence electrons. The zero-order valence-electron chi connectivity index (χ0n) is 10.2. The van der Waals surface area contributed by atoms with Gasteiger partial charge in [-0.15, -0.1) is 0 Å². The van der Waals surface area contributed by atoms with Crippen LogP contribution in [-0.2, 0) is 6.54 Å². The zero-order chi connectivity index (χ0) is 12.8. The molecule has 0 unspecified atom stereocenters. The summed E-state index contributed by atoms with van der Waals surface area (Å²) in [7, 11) is 1.67. The highest BCUT2D eigenvalue weighted by atomic mass is 32.2. The fourth-order valence-electron chi connectivity index (χ4n) is 1.71. The minimum Gasteiger partial charge on any atom is -0.496 e. The molecule has 2 rings (SSSR count). The summed E-state index contributed by atoms with van der Waals surface area (Å²) in [4.78, 5) is 4.28. The number of ether oxygens (including phenoxy) is 1. The van der Waals surface area contributed by atoms with Crippen LogP contribution in [0.5, 0.6) is 5.75 Å². The molecule has 0 fully saturated rings. The zero-order valence-corrected chi connectivity index (χ0v) is 11.1. The van der Waals surface area contributed by atoms with Crippen molar-refractivity contribution in [1.82, 2.24) is 9.55 Å². The van der Waals surface area contributed by atoms with Crippen molar-refractivity contribution in [2.45, 2.75) is 11.7 Å². The van der Waals surface area contributed by atoms with E-state index in [0.717, 1.165) is 23.0 Å². The molecule has 0 amide bonds. The van der Waals surface area contributed by atoms with Crippen LogP contribution in [-0.4, -0.2) is 34.1 Å². The van der Waals surface area contributed by atoms with Crippen LogP contribution < -0.4 is 4.74 Å². The maximum absolute atomic E-state index is 8.85. The molecule has 0 aliphatic carbocycles. The molecule has 1 N–H and O–H groups in total. The summed E-state index contributed by atoms with van der Waals surface area (Å²) < 4.78 is 7.39. The lowest BCUT2D eigenvalue weighted by Gasteiger charge is -2.10. The van der Waals surface area contributed by atoms with Crippen molar-refractivity contribution in [3.8, 4) is 5.75 Å². The van der Waals surface area contributed by atoms with Gasteiger partial charge in [-0.1, -0.05) is 30.0 Å². The molecule has 0 saturated carbocycles. The number of methoxy groups -OCH3 is 1. The molecular formula is C13H16N2O2S. The Morgan fingerprint density at radius 3 is 3.00 bits per heavy atom. The number of para-hydroxylation sites is 1. The molecule has 0 aliphatic heterocycles. The minimum absolute atomic E-state index is 0.159. The average molecular weight is 264 g/mol. The van der Waals surface area contributed by atoms with Crippen LogP contribution in [0, 0.1) is 0 Å². The monoisotopic (exact) mass is 264 g/mol. The number of thioether (sulfide) groups is 1. The number of imidazole rings is 1. The number of hydrogen-bond donors (Lipinski definition) is 1. The number of aliphatic hydroxyl groups is 1. The van der Waals surface area contributed by atoms with Gasteiger partial charge in [-0.05, 0) is 6.07 Å². The number of nitrogens with zero attached hydrogens (tertiary/aromatic N) is 2. The number of aromatic nitrogens is 2. The normalized spacial score (nSPS) is 10.6. The van der Waals surface area contributed by atoms with Gasteiger partial charge in [0.2, 0.25) is 0 Å². The fourth-order valence-corrected chi connectivity index (χ4v) is 2.41. The van der Waals surface area contributed by atoms with Crippen molar-refractivity contribution in [3.63, 3.8) is 0 Å². The molecule has 2 aromatic rings. The minimum atomic E-state index is 0.159. The highest BCUT2D eigenvalue weighted by Crippen LogP contribution is 2.21. The van der Waals surface area contributed by atoms with E-state index in [4.69, 9.17) is 9.84 Å². The van der Waals surface area contributed by atoms with Gasteiger partial charge in [0, 0.05) is 23.7 Å². The Morgan fingerprint density at radius 1 is 1.39 bits per heavy atom. The molecule has 0 atom stereocenters. The summed E-state index contributed by atoms with van der Waals surface area (Å²) in [6.07, 6.45) is 3.71. The lowest BCUT2D eigenvalue weighted by molar-refractivity contribution is 0.322. The van der Waals surface area contributed by atoms with E-state index < -0.39 is 0 Å². The van der Waals surface area contributed by atoms with Crippen molar-refractivity contribution in [2.75, 3.05) is 19.5 Å². The Morgan fingerprint density at radius 2 is 2.22 bits per heavy atom. The highest BCUT2D eigenvalue weighted by Gasteiger charge is 2.07. The van der Waals surface area contributed by atoms with E-state index in [1.54, 1.807) is 25.1 Å². The molecule has 0 spiro atoms. The summed E-state index contributed by atoms with van der Waals surface area (Å²) in [6, 6.07) is 7.94. The van der Waals surface area contributed by atoms with Crippen molar-refractivity contribution in [1.29, 1.82) is 0 Å². The van der Waals surface area contributed by atoms with Crippen molar-refractivity contribution in [3.05, 3.63) is 42.2 Å². The van der Waals surface area contributed by atoms with Gasteiger partial charge >= 0.3 is 0 Å². The fraction of sp³-hybridized carbons (Fsp3) is 0.308. The van der Waals surface area contributed by atoms with Crippen molar-refractivity contribution in [2.24, 2.45) is 0 Å².